The number of hydrogen-bond acceptors (Lipinski definition) is 2. The standard InChI is InChI=1S/C60H35N3OS/c1-2-12-38(13-3-1)61-50-18-8-4-14-41(50)46-32-36(22-27-53(46)61)37-23-28-54-47(33-37)42-15-5-9-19-51(42)62(54)39-24-30-56-48(34-39)44-26-29-55-59(60(44)64-56)45-17-6-10-20-52(45)63(55)40-25-31-58-49(35-40)43-16-7-11-21-57(43)65-58/h1-35H. The average Bonchev–Trinajstić information content (AvgIpc) is 4.17. The molecule has 5 aromatic heterocycles. The van der Waals surface area contributed by atoms with E-state index in [4.69, 9.17) is 4.42 Å². The largest absolute Gasteiger partial charge is 0.455 e. The first-order valence-corrected chi connectivity index (χ1v) is 23.0. The van der Waals surface area contributed by atoms with Crippen molar-refractivity contribution in [2.45, 2.75) is 0 Å². The summed E-state index contributed by atoms with van der Waals surface area (Å²) < 4.78 is 16.7. The predicted molar refractivity (Wildman–Crippen MR) is 275 cm³/mol. The summed E-state index contributed by atoms with van der Waals surface area (Å²) in [5.41, 5.74) is 14.7. The van der Waals surface area contributed by atoms with Gasteiger partial charge in [-0.1, -0.05) is 103 Å². The maximum atomic E-state index is 6.91. The SMILES string of the molecule is c1ccc(-n2c3ccccc3c3cc(-c4ccc5c(c4)c4ccccc4n5-c4ccc5oc6c(ccc7c6c6ccccc6n7-c6ccc7sc8ccccc8c7c6)c5c4)ccc32)cc1. The van der Waals surface area contributed by atoms with Gasteiger partial charge in [0.2, 0.25) is 0 Å². The highest BCUT2D eigenvalue weighted by Gasteiger charge is 2.21. The maximum absolute atomic E-state index is 6.91. The van der Waals surface area contributed by atoms with Crippen LogP contribution in [-0.2, 0) is 0 Å². The van der Waals surface area contributed by atoms with Crippen LogP contribution in [0.2, 0.25) is 0 Å². The van der Waals surface area contributed by atoms with Crippen molar-refractivity contribution in [3.05, 3.63) is 212 Å². The Bertz CT molecular complexity index is 4480. The lowest BCUT2D eigenvalue weighted by molar-refractivity contribution is 0.673. The molecule has 0 radical (unpaired) electrons. The molecule has 0 aliphatic heterocycles. The third kappa shape index (κ3) is 4.90. The zero-order valence-corrected chi connectivity index (χ0v) is 35.7. The van der Waals surface area contributed by atoms with Gasteiger partial charge in [0.15, 0.2) is 0 Å². The molecule has 0 atom stereocenters. The molecule has 0 spiro atoms. The highest BCUT2D eigenvalue weighted by molar-refractivity contribution is 7.25. The zero-order chi connectivity index (χ0) is 42.3. The number of furan rings is 1. The van der Waals surface area contributed by atoms with Crippen LogP contribution < -0.4 is 0 Å². The van der Waals surface area contributed by atoms with Crippen molar-refractivity contribution in [2.75, 3.05) is 0 Å². The molecule has 10 aromatic carbocycles. The van der Waals surface area contributed by atoms with Crippen molar-refractivity contribution in [1.29, 1.82) is 0 Å². The fourth-order valence-electron chi connectivity index (χ4n) is 11.0. The van der Waals surface area contributed by atoms with Crippen molar-refractivity contribution >= 4 is 119 Å². The van der Waals surface area contributed by atoms with Crippen LogP contribution in [0.1, 0.15) is 0 Å². The summed E-state index contributed by atoms with van der Waals surface area (Å²) in [5, 5.41) is 12.1. The summed E-state index contributed by atoms with van der Waals surface area (Å²) in [6, 6.07) is 77.7. The van der Waals surface area contributed by atoms with E-state index in [1.807, 2.05) is 11.3 Å². The van der Waals surface area contributed by atoms with E-state index < -0.39 is 0 Å². The Hall–Kier alpha value is -8.38. The zero-order valence-electron chi connectivity index (χ0n) is 34.9. The Labute approximate surface area is 375 Å². The number of aromatic nitrogens is 3. The lowest BCUT2D eigenvalue weighted by Gasteiger charge is -2.09. The highest BCUT2D eigenvalue weighted by atomic mass is 32.1. The van der Waals surface area contributed by atoms with Gasteiger partial charge in [0.1, 0.15) is 11.2 Å². The van der Waals surface area contributed by atoms with Gasteiger partial charge in [0.25, 0.3) is 0 Å². The molecule has 0 amide bonds. The first-order valence-electron chi connectivity index (χ1n) is 22.2. The third-order valence-corrected chi connectivity index (χ3v) is 15.0. The van der Waals surface area contributed by atoms with Crippen LogP contribution in [0.15, 0.2) is 217 Å². The summed E-state index contributed by atoms with van der Waals surface area (Å²) >= 11 is 1.85. The number of nitrogens with zero attached hydrogens (tertiary/aromatic N) is 3. The second-order valence-corrected chi connectivity index (χ2v) is 18.3. The first kappa shape index (κ1) is 35.1. The van der Waals surface area contributed by atoms with Gasteiger partial charge in [0, 0.05) is 74.9 Å². The van der Waals surface area contributed by atoms with Crippen LogP contribution in [0, 0.1) is 0 Å². The molecule has 0 aliphatic rings. The normalized spacial score (nSPS) is 12.3. The van der Waals surface area contributed by atoms with Gasteiger partial charge in [-0.3, -0.25) is 0 Å². The molecule has 302 valence electrons. The fourth-order valence-corrected chi connectivity index (χ4v) is 12.1. The lowest BCUT2D eigenvalue weighted by atomic mass is 10.0. The van der Waals surface area contributed by atoms with E-state index >= 15 is 0 Å². The van der Waals surface area contributed by atoms with Gasteiger partial charge < -0.3 is 18.1 Å². The average molecular weight is 846 g/mol. The molecule has 0 unspecified atom stereocenters. The van der Waals surface area contributed by atoms with Crippen LogP contribution >= 0.6 is 11.3 Å². The van der Waals surface area contributed by atoms with Gasteiger partial charge in [-0.05, 0) is 120 Å². The van der Waals surface area contributed by atoms with Crippen LogP contribution in [-0.4, -0.2) is 13.7 Å². The maximum Gasteiger partial charge on any atom is 0.145 e. The molecule has 65 heavy (non-hydrogen) atoms. The molecule has 15 aromatic rings. The van der Waals surface area contributed by atoms with E-state index in [0.29, 0.717) is 0 Å². The summed E-state index contributed by atoms with van der Waals surface area (Å²) in [7, 11) is 0. The fraction of sp³-hybridized carbons (Fsp3) is 0. The van der Waals surface area contributed by atoms with Crippen molar-refractivity contribution in [1.82, 2.24) is 13.7 Å². The molecule has 0 aliphatic carbocycles. The Morgan fingerprint density at radius 2 is 0.800 bits per heavy atom. The Balaban J connectivity index is 0.888. The minimum Gasteiger partial charge on any atom is -0.455 e. The molecular weight excluding hydrogens is 811 g/mol. The molecule has 0 saturated carbocycles. The monoisotopic (exact) mass is 845 g/mol. The van der Waals surface area contributed by atoms with Gasteiger partial charge in [-0.15, -0.1) is 11.3 Å². The Kier molecular flexibility index (Phi) is 7.07. The summed E-state index contributed by atoms with van der Waals surface area (Å²) in [6.07, 6.45) is 0. The van der Waals surface area contributed by atoms with Crippen LogP contribution in [0.4, 0.5) is 0 Å². The summed E-state index contributed by atoms with van der Waals surface area (Å²) in [5.74, 6) is 0. The third-order valence-electron chi connectivity index (χ3n) is 13.8. The highest BCUT2D eigenvalue weighted by Crippen LogP contribution is 2.44. The smallest absolute Gasteiger partial charge is 0.145 e. The second kappa shape index (κ2) is 13.1. The molecule has 5 heteroatoms. The Morgan fingerprint density at radius 1 is 0.292 bits per heavy atom. The summed E-state index contributed by atoms with van der Waals surface area (Å²) in [4.78, 5) is 0. The van der Waals surface area contributed by atoms with E-state index in [1.165, 1.54) is 91.5 Å². The number of hydrogen-bond donors (Lipinski definition) is 0. The molecule has 0 bridgehead atoms. The van der Waals surface area contributed by atoms with Crippen LogP contribution in [0.5, 0.6) is 0 Å². The number of fused-ring (bicyclic) bond motifs is 16. The minimum atomic E-state index is 0.881. The lowest BCUT2D eigenvalue weighted by Crippen LogP contribution is -1.93. The van der Waals surface area contributed by atoms with Crippen molar-refractivity contribution in [2.24, 2.45) is 0 Å². The second-order valence-electron chi connectivity index (χ2n) is 17.3. The van der Waals surface area contributed by atoms with E-state index in [-0.39, 0.29) is 0 Å². The molecule has 5 heterocycles. The van der Waals surface area contributed by atoms with Crippen molar-refractivity contribution < 1.29 is 4.42 Å². The van der Waals surface area contributed by atoms with E-state index in [2.05, 4.69) is 226 Å². The van der Waals surface area contributed by atoms with Gasteiger partial charge in [-0.25, -0.2) is 0 Å². The number of para-hydroxylation sites is 4. The molecule has 0 fully saturated rings. The molecule has 0 N–H and O–H groups in total. The van der Waals surface area contributed by atoms with E-state index in [1.54, 1.807) is 0 Å². The van der Waals surface area contributed by atoms with Gasteiger partial charge >= 0.3 is 0 Å². The van der Waals surface area contributed by atoms with Crippen LogP contribution in [0.3, 0.4) is 0 Å². The van der Waals surface area contributed by atoms with Crippen molar-refractivity contribution in [3.63, 3.8) is 0 Å². The molecule has 0 saturated heterocycles. The van der Waals surface area contributed by atoms with Crippen molar-refractivity contribution in [3.8, 4) is 28.2 Å². The minimum absolute atomic E-state index is 0.881. The number of rotatable bonds is 4. The number of benzene rings is 10. The van der Waals surface area contributed by atoms with Crippen LogP contribution in [0.25, 0.3) is 136 Å². The molecule has 4 nitrogen and oxygen atoms in total. The molecule has 15 rings (SSSR count). The quantitative estimate of drug-likeness (QED) is 0.173. The van der Waals surface area contributed by atoms with E-state index in [9.17, 15) is 0 Å². The first-order chi connectivity index (χ1) is 32.2. The topological polar surface area (TPSA) is 27.9 Å². The van der Waals surface area contributed by atoms with Gasteiger partial charge in [-0.2, -0.15) is 0 Å². The summed E-state index contributed by atoms with van der Waals surface area (Å²) in [6.45, 7) is 0. The van der Waals surface area contributed by atoms with E-state index in [0.717, 1.165) is 44.2 Å². The number of thiophene rings is 1. The molecular formula is C60H35N3OS. The predicted octanol–water partition coefficient (Wildman–Crippen LogP) is 16.9. The van der Waals surface area contributed by atoms with Gasteiger partial charge in [0.05, 0.1) is 38.5 Å². The Morgan fingerprint density at radius 3 is 1.51 bits per heavy atom.